The first kappa shape index (κ1) is 39.8. The maximum Gasteiger partial charge on any atom is 0.306 e. The number of hydrogen-bond donors (Lipinski definition) is 2. The molecule has 242 valence electrons. The minimum atomic E-state index is -0.829. The van der Waals surface area contributed by atoms with Gasteiger partial charge in [-0.25, -0.2) is 0 Å². The third-order valence-corrected chi connectivity index (χ3v) is 6.96. The van der Waals surface area contributed by atoms with Crippen molar-refractivity contribution < 1.29 is 29.3 Å². The number of unbranched alkanes of at least 4 members (excludes halogenated alkanes) is 13. The molecule has 0 rings (SSSR count). The van der Waals surface area contributed by atoms with Crippen LogP contribution in [0.25, 0.3) is 0 Å². The second-order valence-corrected chi connectivity index (χ2v) is 11.1. The van der Waals surface area contributed by atoms with Crippen LogP contribution < -0.4 is 0 Å². The Morgan fingerprint density at radius 1 is 0.667 bits per heavy atom. The lowest BCUT2D eigenvalue weighted by Gasteiger charge is -2.15. The maximum absolute atomic E-state index is 12.1. The van der Waals surface area contributed by atoms with Crippen molar-refractivity contribution in [3.63, 3.8) is 0 Å². The summed E-state index contributed by atoms with van der Waals surface area (Å²) in [6.07, 6.45) is 34.8. The standard InChI is InChI=1S/C36H62O6/c1-3-5-7-9-11-13-15-17-21-25-29-35(39)41-32-34(31-37)42-36(40)30-26-22-18-20-24-28-33(38)27-23-19-16-14-12-10-8-6-4-2/h12,14,18-20,23-24,28,33-34,37-38H,3-11,13,15-17,21-22,25-27,29-32H2,1-2H3/b14-12-,20-18+,23-19-,28-24-/t33?,34-/m0/s1. The van der Waals surface area contributed by atoms with Crippen LogP contribution in [0.3, 0.4) is 0 Å². The van der Waals surface area contributed by atoms with E-state index in [1.54, 1.807) is 6.08 Å². The van der Waals surface area contributed by atoms with Crippen molar-refractivity contribution in [1.29, 1.82) is 0 Å². The summed E-state index contributed by atoms with van der Waals surface area (Å²) in [5.74, 6) is -0.726. The van der Waals surface area contributed by atoms with E-state index in [0.29, 0.717) is 25.7 Å². The zero-order chi connectivity index (χ0) is 30.9. The van der Waals surface area contributed by atoms with E-state index in [9.17, 15) is 19.8 Å². The molecule has 0 saturated carbocycles. The molecule has 0 aromatic rings. The van der Waals surface area contributed by atoms with Crippen LogP contribution in [0, 0.1) is 0 Å². The van der Waals surface area contributed by atoms with E-state index in [0.717, 1.165) is 32.1 Å². The van der Waals surface area contributed by atoms with Gasteiger partial charge in [0.05, 0.1) is 12.7 Å². The minimum absolute atomic E-state index is 0.114. The van der Waals surface area contributed by atoms with E-state index in [1.807, 2.05) is 24.3 Å². The van der Waals surface area contributed by atoms with E-state index in [2.05, 4.69) is 32.1 Å². The van der Waals surface area contributed by atoms with Crippen molar-refractivity contribution in [2.75, 3.05) is 13.2 Å². The molecule has 6 heteroatoms. The van der Waals surface area contributed by atoms with Crippen molar-refractivity contribution >= 4 is 11.9 Å². The molecule has 0 amide bonds. The molecule has 0 heterocycles. The van der Waals surface area contributed by atoms with Crippen LogP contribution in [-0.2, 0) is 19.1 Å². The van der Waals surface area contributed by atoms with Gasteiger partial charge in [0.2, 0.25) is 0 Å². The molecular formula is C36H62O6. The van der Waals surface area contributed by atoms with Gasteiger partial charge in [-0.05, 0) is 44.9 Å². The highest BCUT2D eigenvalue weighted by Crippen LogP contribution is 2.12. The highest BCUT2D eigenvalue weighted by atomic mass is 16.6. The SMILES string of the molecule is CCCCC/C=C\C/C=C\CC(O)/C=C\C=C\CCCC(=O)O[C@@H](CO)COC(=O)CCCCCCCCCCCC. The Balaban J connectivity index is 3.83. The second kappa shape index (κ2) is 31.7. The van der Waals surface area contributed by atoms with Gasteiger partial charge in [0.15, 0.2) is 6.10 Å². The van der Waals surface area contributed by atoms with Crippen LogP contribution in [0.15, 0.2) is 48.6 Å². The summed E-state index contributed by atoms with van der Waals surface area (Å²) in [6.45, 7) is 3.94. The van der Waals surface area contributed by atoms with Gasteiger partial charge in [0.1, 0.15) is 6.61 Å². The first-order chi connectivity index (χ1) is 20.5. The van der Waals surface area contributed by atoms with E-state index >= 15 is 0 Å². The highest BCUT2D eigenvalue weighted by Gasteiger charge is 2.15. The zero-order valence-electron chi connectivity index (χ0n) is 26.9. The molecule has 0 aromatic carbocycles. The van der Waals surface area contributed by atoms with Gasteiger partial charge in [-0.1, -0.05) is 133 Å². The summed E-state index contributed by atoms with van der Waals surface area (Å²) in [5, 5.41) is 19.5. The van der Waals surface area contributed by atoms with Gasteiger partial charge in [-0.3, -0.25) is 9.59 Å². The topological polar surface area (TPSA) is 93.1 Å². The average Bonchev–Trinajstić information content (AvgIpc) is 2.98. The molecule has 0 aliphatic heterocycles. The predicted molar refractivity (Wildman–Crippen MR) is 174 cm³/mol. The van der Waals surface area contributed by atoms with Crippen LogP contribution >= 0.6 is 0 Å². The minimum Gasteiger partial charge on any atom is -0.462 e. The van der Waals surface area contributed by atoms with Gasteiger partial charge in [-0.15, -0.1) is 0 Å². The third-order valence-electron chi connectivity index (χ3n) is 6.96. The maximum atomic E-state index is 12.1. The van der Waals surface area contributed by atoms with Crippen molar-refractivity contribution in [1.82, 2.24) is 0 Å². The predicted octanol–water partition coefficient (Wildman–Crippen LogP) is 8.86. The Hall–Kier alpha value is -2.18. The molecule has 0 saturated heterocycles. The number of carbonyl (C=O) groups excluding carboxylic acids is 2. The lowest BCUT2D eigenvalue weighted by molar-refractivity contribution is -0.161. The van der Waals surface area contributed by atoms with E-state index in [4.69, 9.17) is 9.47 Å². The summed E-state index contributed by atoms with van der Waals surface area (Å²) in [7, 11) is 0. The summed E-state index contributed by atoms with van der Waals surface area (Å²) < 4.78 is 10.5. The Morgan fingerprint density at radius 3 is 1.95 bits per heavy atom. The molecule has 1 unspecified atom stereocenters. The van der Waals surface area contributed by atoms with Crippen LogP contribution in [0.4, 0.5) is 0 Å². The average molecular weight is 591 g/mol. The Labute approximate surface area is 257 Å². The van der Waals surface area contributed by atoms with Crippen LogP contribution in [0.1, 0.15) is 142 Å². The normalized spacial score (nSPS) is 13.5. The molecule has 0 fully saturated rings. The number of rotatable bonds is 29. The second-order valence-electron chi connectivity index (χ2n) is 11.1. The first-order valence-electron chi connectivity index (χ1n) is 16.8. The molecule has 0 radical (unpaired) electrons. The monoisotopic (exact) mass is 590 g/mol. The van der Waals surface area contributed by atoms with Crippen molar-refractivity contribution in [3.05, 3.63) is 48.6 Å². The lowest BCUT2D eigenvalue weighted by Crippen LogP contribution is -2.28. The summed E-state index contributed by atoms with van der Waals surface area (Å²) in [4.78, 5) is 24.0. The van der Waals surface area contributed by atoms with Gasteiger partial charge < -0.3 is 19.7 Å². The molecule has 0 aliphatic rings. The van der Waals surface area contributed by atoms with Crippen LogP contribution in [-0.4, -0.2) is 47.6 Å². The van der Waals surface area contributed by atoms with Gasteiger partial charge in [0.25, 0.3) is 0 Å². The number of allylic oxidation sites excluding steroid dienone is 6. The Kier molecular flexibility index (Phi) is 30.1. The molecule has 2 atom stereocenters. The molecule has 0 aromatic heterocycles. The smallest absolute Gasteiger partial charge is 0.306 e. The third kappa shape index (κ3) is 29.3. The first-order valence-corrected chi connectivity index (χ1v) is 16.8. The number of esters is 2. The fraction of sp³-hybridized carbons (Fsp3) is 0.722. The molecule has 0 bridgehead atoms. The number of carbonyl (C=O) groups is 2. The molecule has 0 spiro atoms. The fourth-order valence-electron chi connectivity index (χ4n) is 4.33. The van der Waals surface area contributed by atoms with Crippen molar-refractivity contribution in [3.8, 4) is 0 Å². The summed E-state index contributed by atoms with van der Waals surface area (Å²) >= 11 is 0. The number of aliphatic hydroxyl groups is 2. The fourth-order valence-corrected chi connectivity index (χ4v) is 4.33. The summed E-state index contributed by atoms with van der Waals surface area (Å²) in [5.41, 5.74) is 0. The van der Waals surface area contributed by atoms with Gasteiger partial charge in [0, 0.05) is 12.8 Å². The Morgan fingerprint density at radius 2 is 1.26 bits per heavy atom. The largest absolute Gasteiger partial charge is 0.462 e. The van der Waals surface area contributed by atoms with Gasteiger partial charge >= 0.3 is 11.9 Å². The number of ether oxygens (including phenoxy) is 2. The number of hydrogen-bond acceptors (Lipinski definition) is 6. The van der Waals surface area contributed by atoms with E-state index in [1.165, 1.54) is 64.2 Å². The molecule has 42 heavy (non-hydrogen) atoms. The highest BCUT2D eigenvalue weighted by molar-refractivity contribution is 5.70. The quantitative estimate of drug-likeness (QED) is 0.0391. The molecule has 0 aliphatic carbocycles. The van der Waals surface area contributed by atoms with Crippen LogP contribution in [0.2, 0.25) is 0 Å². The lowest BCUT2D eigenvalue weighted by atomic mass is 10.1. The summed E-state index contributed by atoms with van der Waals surface area (Å²) in [6, 6.07) is 0. The molecule has 6 nitrogen and oxygen atoms in total. The van der Waals surface area contributed by atoms with Crippen molar-refractivity contribution in [2.24, 2.45) is 0 Å². The molecule has 2 N–H and O–H groups in total. The van der Waals surface area contributed by atoms with Crippen molar-refractivity contribution in [2.45, 2.75) is 154 Å². The molecular weight excluding hydrogens is 528 g/mol. The Bertz CT molecular complexity index is 739. The van der Waals surface area contributed by atoms with Gasteiger partial charge in [-0.2, -0.15) is 0 Å². The van der Waals surface area contributed by atoms with E-state index in [-0.39, 0.29) is 25.6 Å². The zero-order valence-corrected chi connectivity index (χ0v) is 26.9. The van der Waals surface area contributed by atoms with E-state index < -0.39 is 18.2 Å². The van der Waals surface area contributed by atoms with Crippen LogP contribution in [0.5, 0.6) is 0 Å². The number of aliphatic hydroxyl groups excluding tert-OH is 2.